The summed E-state index contributed by atoms with van der Waals surface area (Å²) in [5.74, 6) is 0.453. The lowest BCUT2D eigenvalue weighted by Crippen LogP contribution is -2.28. The zero-order valence-electron chi connectivity index (χ0n) is 9.97. The fourth-order valence-electron chi connectivity index (χ4n) is 2.09. The minimum atomic E-state index is -0.248. The van der Waals surface area contributed by atoms with Crippen molar-refractivity contribution < 1.29 is 5.21 Å². The summed E-state index contributed by atoms with van der Waals surface area (Å²) in [6.07, 6.45) is -0.248. The Kier molecular flexibility index (Phi) is 3.11. The molecule has 96 valence electrons. The lowest BCUT2D eigenvalue weighted by molar-refractivity contribution is 0.234. The normalized spacial score (nSPS) is 17.2. The van der Waals surface area contributed by atoms with Gasteiger partial charge in [0.1, 0.15) is 6.17 Å². The average molecular weight is 274 g/mol. The molecule has 0 fully saturated rings. The molecule has 0 spiro atoms. The number of para-hydroxylation sites is 1. The van der Waals surface area contributed by atoms with Crippen LogP contribution >= 0.6 is 11.6 Å². The van der Waals surface area contributed by atoms with Crippen molar-refractivity contribution in [3.8, 4) is 0 Å². The van der Waals surface area contributed by atoms with Gasteiger partial charge in [0.2, 0.25) is 0 Å². The fraction of sp³-hybridized carbons (Fsp3) is 0.0714. The first kappa shape index (κ1) is 12.0. The van der Waals surface area contributed by atoms with Gasteiger partial charge in [0, 0.05) is 16.3 Å². The van der Waals surface area contributed by atoms with E-state index >= 15 is 0 Å². The number of hydroxylamine groups is 1. The predicted molar refractivity (Wildman–Crippen MR) is 75.7 cm³/mol. The standard InChI is InChI=1S/C14H12ClN3O/c15-10-7-5-9(6-8-10)13-16-12-4-2-1-3-11(12)14(17-13)18-19/h1-8,13,16,19H,(H,17,18). The van der Waals surface area contributed by atoms with E-state index in [9.17, 15) is 5.21 Å². The van der Waals surface area contributed by atoms with Gasteiger partial charge in [-0.2, -0.15) is 0 Å². The Bertz CT molecular complexity index is 625. The van der Waals surface area contributed by atoms with Crippen molar-refractivity contribution in [3.05, 3.63) is 64.7 Å². The zero-order valence-corrected chi connectivity index (χ0v) is 10.7. The summed E-state index contributed by atoms with van der Waals surface area (Å²) in [4.78, 5) is 4.44. The van der Waals surface area contributed by atoms with E-state index in [1.54, 1.807) is 0 Å². The van der Waals surface area contributed by atoms with Gasteiger partial charge >= 0.3 is 0 Å². The number of aliphatic imine (C=N–C) groups is 1. The molecule has 0 saturated carbocycles. The molecule has 0 bridgehead atoms. The SMILES string of the molecule is ONC1=NC(c2ccc(Cl)cc2)Nc2ccccc21. The summed E-state index contributed by atoms with van der Waals surface area (Å²) < 4.78 is 0. The number of nitrogens with one attached hydrogen (secondary N) is 2. The largest absolute Gasteiger partial charge is 0.359 e. The fourth-order valence-corrected chi connectivity index (χ4v) is 2.21. The molecular weight excluding hydrogens is 262 g/mol. The van der Waals surface area contributed by atoms with Gasteiger partial charge in [-0.05, 0) is 29.8 Å². The molecule has 0 amide bonds. The van der Waals surface area contributed by atoms with E-state index in [1.807, 2.05) is 48.5 Å². The van der Waals surface area contributed by atoms with Gasteiger partial charge in [-0.1, -0.05) is 35.9 Å². The van der Waals surface area contributed by atoms with Crippen LogP contribution in [0.5, 0.6) is 0 Å². The number of halogens is 1. The summed E-state index contributed by atoms with van der Waals surface area (Å²) in [5, 5.41) is 13.2. The number of rotatable bonds is 1. The molecule has 1 unspecified atom stereocenters. The summed E-state index contributed by atoms with van der Waals surface area (Å²) in [5.41, 5.74) is 4.90. The number of hydrogen-bond acceptors (Lipinski definition) is 4. The summed E-state index contributed by atoms with van der Waals surface area (Å²) >= 11 is 5.88. The highest BCUT2D eigenvalue weighted by atomic mass is 35.5. The monoisotopic (exact) mass is 273 g/mol. The van der Waals surface area contributed by atoms with Crippen LogP contribution < -0.4 is 10.8 Å². The van der Waals surface area contributed by atoms with Crippen molar-refractivity contribution in [1.82, 2.24) is 5.48 Å². The lowest BCUT2D eigenvalue weighted by Gasteiger charge is -2.25. The maximum absolute atomic E-state index is 9.22. The van der Waals surface area contributed by atoms with E-state index in [4.69, 9.17) is 11.6 Å². The Morgan fingerprint density at radius 3 is 2.58 bits per heavy atom. The molecule has 3 rings (SSSR count). The second-order valence-electron chi connectivity index (χ2n) is 4.23. The summed E-state index contributed by atoms with van der Waals surface area (Å²) in [6, 6.07) is 15.1. The topological polar surface area (TPSA) is 56.6 Å². The number of anilines is 1. The van der Waals surface area contributed by atoms with Crippen LogP contribution in [0.2, 0.25) is 5.02 Å². The van der Waals surface area contributed by atoms with Crippen molar-refractivity contribution >= 4 is 23.1 Å². The second kappa shape index (κ2) is 4.91. The van der Waals surface area contributed by atoms with Crippen LogP contribution in [0.4, 0.5) is 5.69 Å². The first-order valence-corrected chi connectivity index (χ1v) is 6.25. The molecular formula is C14H12ClN3O. The predicted octanol–water partition coefficient (Wildman–Crippen LogP) is 3.19. The van der Waals surface area contributed by atoms with Crippen LogP contribution in [-0.4, -0.2) is 11.0 Å². The molecule has 1 aliphatic heterocycles. The second-order valence-corrected chi connectivity index (χ2v) is 4.67. The van der Waals surface area contributed by atoms with E-state index in [0.717, 1.165) is 16.8 Å². The van der Waals surface area contributed by atoms with E-state index in [1.165, 1.54) is 0 Å². The third-order valence-corrected chi connectivity index (χ3v) is 3.28. The van der Waals surface area contributed by atoms with E-state index in [-0.39, 0.29) is 6.17 Å². The number of fused-ring (bicyclic) bond motifs is 1. The van der Waals surface area contributed by atoms with Crippen LogP contribution in [-0.2, 0) is 0 Å². The first-order chi connectivity index (χ1) is 9.28. The molecule has 1 atom stereocenters. The van der Waals surface area contributed by atoms with E-state index in [0.29, 0.717) is 10.9 Å². The molecule has 2 aromatic carbocycles. The Morgan fingerprint density at radius 2 is 1.84 bits per heavy atom. The minimum absolute atomic E-state index is 0.248. The highest BCUT2D eigenvalue weighted by Crippen LogP contribution is 2.29. The van der Waals surface area contributed by atoms with Crippen molar-refractivity contribution in [2.24, 2.45) is 4.99 Å². The van der Waals surface area contributed by atoms with Crippen molar-refractivity contribution in [2.75, 3.05) is 5.32 Å². The van der Waals surface area contributed by atoms with Crippen molar-refractivity contribution in [3.63, 3.8) is 0 Å². The van der Waals surface area contributed by atoms with Gasteiger partial charge in [-0.3, -0.25) is 10.7 Å². The molecule has 1 aliphatic rings. The van der Waals surface area contributed by atoms with Gasteiger partial charge < -0.3 is 5.32 Å². The summed E-state index contributed by atoms with van der Waals surface area (Å²) in [7, 11) is 0. The third kappa shape index (κ3) is 2.28. The zero-order chi connectivity index (χ0) is 13.2. The van der Waals surface area contributed by atoms with Gasteiger partial charge in [-0.15, -0.1) is 0 Å². The number of hydrogen-bond donors (Lipinski definition) is 3. The number of amidine groups is 1. The highest BCUT2D eigenvalue weighted by Gasteiger charge is 2.20. The van der Waals surface area contributed by atoms with Crippen LogP contribution in [0.15, 0.2) is 53.5 Å². The molecule has 2 aromatic rings. The maximum atomic E-state index is 9.22. The van der Waals surface area contributed by atoms with Crippen LogP contribution in [0.1, 0.15) is 17.3 Å². The van der Waals surface area contributed by atoms with Crippen molar-refractivity contribution in [1.29, 1.82) is 0 Å². The molecule has 0 aliphatic carbocycles. The Morgan fingerprint density at radius 1 is 1.11 bits per heavy atom. The van der Waals surface area contributed by atoms with Gasteiger partial charge in [0.15, 0.2) is 5.84 Å². The Labute approximate surface area is 115 Å². The maximum Gasteiger partial charge on any atom is 0.156 e. The Balaban J connectivity index is 2.01. The van der Waals surface area contributed by atoms with E-state index < -0.39 is 0 Å². The highest BCUT2D eigenvalue weighted by molar-refractivity contribution is 6.30. The molecule has 4 nitrogen and oxygen atoms in total. The smallest absolute Gasteiger partial charge is 0.156 e. The molecule has 1 heterocycles. The van der Waals surface area contributed by atoms with Crippen LogP contribution in [0, 0.1) is 0 Å². The lowest BCUT2D eigenvalue weighted by atomic mass is 10.1. The van der Waals surface area contributed by atoms with Gasteiger partial charge in [0.05, 0.1) is 0 Å². The van der Waals surface area contributed by atoms with Gasteiger partial charge in [-0.25, -0.2) is 4.99 Å². The molecule has 0 radical (unpaired) electrons. The van der Waals surface area contributed by atoms with Crippen LogP contribution in [0.3, 0.4) is 0 Å². The molecule has 0 aromatic heterocycles. The third-order valence-electron chi connectivity index (χ3n) is 3.02. The molecule has 19 heavy (non-hydrogen) atoms. The number of benzene rings is 2. The van der Waals surface area contributed by atoms with Crippen LogP contribution in [0.25, 0.3) is 0 Å². The molecule has 3 N–H and O–H groups in total. The van der Waals surface area contributed by atoms with Crippen molar-refractivity contribution in [2.45, 2.75) is 6.17 Å². The minimum Gasteiger partial charge on any atom is -0.359 e. The number of nitrogens with zero attached hydrogens (tertiary/aromatic N) is 1. The molecule has 5 heteroatoms. The average Bonchev–Trinajstić information content (AvgIpc) is 2.47. The van der Waals surface area contributed by atoms with Gasteiger partial charge in [0.25, 0.3) is 0 Å². The quantitative estimate of drug-likeness (QED) is 0.700. The first-order valence-electron chi connectivity index (χ1n) is 5.87. The summed E-state index contributed by atoms with van der Waals surface area (Å²) in [6.45, 7) is 0. The van der Waals surface area contributed by atoms with E-state index in [2.05, 4.69) is 15.8 Å². The molecule has 0 saturated heterocycles. The Hall–Kier alpha value is -2.04.